The summed E-state index contributed by atoms with van der Waals surface area (Å²) < 4.78 is 0. The average molecular weight is 239 g/mol. The molecule has 0 radical (unpaired) electrons. The number of nitrogens with two attached hydrogens (primary N) is 1. The molecule has 5 heteroatoms. The highest BCUT2D eigenvalue weighted by atomic mass is 16.2. The van der Waals surface area contributed by atoms with Crippen molar-refractivity contribution in [2.45, 2.75) is 31.7 Å². The Labute approximate surface area is 102 Å². The van der Waals surface area contributed by atoms with Crippen molar-refractivity contribution < 1.29 is 9.59 Å². The van der Waals surface area contributed by atoms with E-state index in [2.05, 4.69) is 0 Å². The molecule has 0 aromatic heterocycles. The van der Waals surface area contributed by atoms with Gasteiger partial charge in [-0.2, -0.15) is 0 Å². The van der Waals surface area contributed by atoms with E-state index in [0.29, 0.717) is 19.5 Å². The van der Waals surface area contributed by atoms with Gasteiger partial charge in [-0.25, -0.2) is 0 Å². The molecule has 17 heavy (non-hydrogen) atoms. The van der Waals surface area contributed by atoms with E-state index >= 15 is 0 Å². The molecule has 2 aliphatic rings. The zero-order valence-electron chi connectivity index (χ0n) is 10.4. The van der Waals surface area contributed by atoms with Gasteiger partial charge >= 0.3 is 0 Å². The largest absolute Gasteiger partial charge is 0.346 e. The molecular weight excluding hydrogens is 218 g/mol. The Morgan fingerprint density at radius 3 is 2.76 bits per heavy atom. The molecule has 2 saturated heterocycles. The lowest BCUT2D eigenvalue weighted by molar-refractivity contribution is -0.145. The third kappa shape index (κ3) is 2.77. The van der Waals surface area contributed by atoms with Crippen molar-refractivity contribution in [3.05, 3.63) is 0 Å². The van der Waals surface area contributed by atoms with E-state index in [1.165, 1.54) is 0 Å². The van der Waals surface area contributed by atoms with Crippen LogP contribution in [-0.4, -0.2) is 54.3 Å². The quantitative estimate of drug-likeness (QED) is 0.689. The Kier molecular flexibility index (Phi) is 3.66. The minimum Gasteiger partial charge on any atom is -0.346 e. The lowest BCUT2D eigenvalue weighted by Gasteiger charge is -2.35. The molecule has 96 valence electrons. The first-order valence-corrected chi connectivity index (χ1v) is 6.36. The first-order chi connectivity index (χ1) is 8.08. The summed E-state index contributed by atoms with van der Waals surface area (Å²) in [7, 11) is 1.79. The van der Waals surface area contributed by atoms with Crippen LogP contribution < -0.4 is 5.73 Å². The second-order valence-electron chi connectivity index (χ2n) is 5.19. The van der Waals surface area contributed by atoms with E-state index in [4.69, 9.17) is 5.73 Å². The summed E-state index contributed by atoms with van der Waals surface area (Å²) in [5.74, 6) is 0.0847. The number of rotatable bonds is 1. The molecule has 2 atom stereocenters. The highest BCUT2D eigenvalue weighted by Crippen LogP contribution is 2.21. The summed E-state index contributed by atoms with van der Waals surface area (Å²) in [4.78, 5) is 27.4. The number of hydrogen-bond donors (Lipinski definition) is 1. The van der Waals surface area contributed by atoms with E-state index in [9.17, 15) is 9.59 Å². The number of amides is 2. The zero-order valence-corrected chi connectivity index (χ0v) is 10.4. The number of nitrogens with zero attached hydrogens (tertiary/aromatic N) is 2. The van der Waals surface area contributed by atoms with Crippen LogP contribution in [0, 0.1) is 5.92 Å². The SMILES string of the molecule is CN1CC[C@H](C(=O)N2CCC[C@H](N)C2)CC1=O. The molecule has 2 rings (SSSR count). The van der Waals surface area contributed by atoms with Crippen molar-refractivity contribution in [1.82, 2.24) is 9.80 Å². The molecule has 2 fully saturated rings. The fourth-order valence-electron chi connectivity index (χ4n) is 2.62. The van der Waals surface area contributed by atoms with Gasteiger partial charge < -0.3 is 15.5 Å². The summed E-state index contributed by atoms with van der Waals surface area (Å²) in [5.41, 5.74) is 5.87. The maximum absolute atomic E-state index is 12.3. The van der Waals surface area contributed by atoms with Gasteiger partial charge in [-0.3, -0.25) is 9.59 Å². The topological polar surface area (TPSA) is 66.6 Å². The Hall–Kier alpha value is -1.10. The molecule has 2 N–H and O–H groups in total. The molecule has 0 spiro atoms. The minimum atomic E-state index is -0.121. The monoisotopic (exact) mass is 239 g/mol. The molecule has 2 heterocycles. The highest BCUT2D eigenvalue weighted by Gasteiger charge is 2.32. The van der Waals surface area contributed by atoms with Crippen LogP contribution in [0.3, 0.4) is 0 Å². The van der Waals surface area contributed by atoms with Gasteiger partial charge in [0.1, 0.15) is 0 Å². The molecule has 2 amide bonds. The van der Waals surface area contributed by atoms with Gasteiger partial charge in [0.25, 0.3) is 0 Å². The number of carbonyl (C=O) groups is 2. The second kappa shape index (κ2) is 5.04. The molecule has 0 saturated carbocycles. The van der Waals surface area contributed by atoms with E-state index in [1.54, 1.807) is 11.9 Å². The van der Waals surface area contributed by atoms with Crippen LogP contribution in [-0.2, 0) is 9.59 Å². The van der Waals surface area contributed by atoms with Gasteiger partial charge in [0.15, 0.2) is 0 Å². The third-order valence-electron chi connectivity index (χ3n) is 3.78. The van der Waals surface area contributed by atoms with Crippen LogP contribution in [0.5, 0.6) is 0 Å². The van der Waals surface area contributed by atoms with Gasteiger partial charge in [0, 0.05) is 45.1 Å². The predicted octanol–water partition coefficient (Wildman–Crippen LogP) is -0.195. The van der Waals surface area contributed by atoms with Crippen LogP contribution in [0.1, 0.15) is 25.7 Å². The van der Waals surface area contributed by atoms with Crippen molar-refractivity contribution in [3.8, 4) is 0 Å². The number of likely N-dealkylation sites (tertiary alicyclic amines) is 2. The molecule has 0 unspecified atom stereocenters. The fourth-order valence-corrected chi connectivity index (χ4v) is 2.62. The van der Waals surface area contributed by atoms with Crippen molar-refractivity contribution in [3.63, 3.8) is 0 Å². The second-order valence-corrected chi connectivity index (χ2v) is 5.19. The van der Waals surface area contributed by atoms with E-state index < -0.39 is 0 Å². The first-order valence-electron chi connectivity index (χ1n) is 6.36. The van der Waals surface area contributed by atoms with Crippen LogP contribution in [0.15, 0.2) is 0 Å². The zero-order chi connectivity index (χ0) is 12.4. The normalized spacial score (nSPS) is 30.6. The maximum atomic E-state index is 12.3. The summed E-state index contributed by atoms with van der Waals surface area (Å²) in [6, 6.07) is 0.106. The standard InChI is InChI=1S/C12H21N3O2/c1-14-6-4-9(7-11(14)16)12(17)15-5-2-3-10(13)8-15/h9-10H,2-8,13H2,1H3/t9-,10-/m0/s1. The van der Waals surface area contributed by atoms with Crippen molar-refractivity contribution >= 4 is 11.8 Å². The Balaban J connectivity index is 1.93. The molecule has 2 aliphatic heterocycles. The summed E-state index contributed by atoms with van der Waals surface area (Å²) in [5, 5.41) is 0. The van der Waals surface area contributed by atoms with Crippen molar-refractivity contribution in [2.24, 2.45) is 11.7 Å². The summed E-state index contributed by atoms with van der Waals surface area (Å²) in [6.45, 7) is 2.14. The summed E-state index contributed by atoms with van der Waals surface area (Å²) in [6.07, 6.45) is 3.12. The van der Waals surface area contributed by atoms with Crippen LogP contribution >= 0.6 is 0 Å². The van der Waals surface area contributed by atoms with Gasteiger partial charge in [0.2, 0.25) is 11.8 Å². The molecule has 0 aromatic rings. The molecule has 0 aliphatic carbocycles. The smallest absolute Gasteiger partial charge is 0.226 e. The van der Waals surface area contributed by atoms with E-state index in [0.717, 1.165) is 25.8 Å². The van der Waals surface area contributed by atoms with Gasteiger partial charge in [-0.1, -0.05) is 0 Å². The predicted molar refractivity (Wildman–Crippen MR) is 64.2 cm³/mol. The van der Waals surface area contributed by atoms with Gasteiger partial charge in [-0.15, -0.1) is 0 Å². The van der Waals surface area contributed by atoms with Crippen LogP contribution in [0.2, 0.25) is 0 Å². The molecular formula is C12H21N3O2. The molecule has 0 aromatic carbocycles. The number of carbonyl (C=O) groups excluding carboxylic acids is 2. The van der Waals surface area contributed by atoms with E-state index in [1.807, 2.05) is 4.90 Å². The first kappa shape index (κ1) is 12.4. The van der Waals surface area contributed by atoms with E-state index in [-0.39, 0.29) is 23.8 Å². The van der Waals surface area contributed by atoms with Gasteiger partial charge in [-0.05, 0) is 19.3 Å². The molecule has 5 nitrogen and oxygen atoms in total. The third-order valence-corrected chi connectivity index (χ3v) is 3.78. The number of hydrogen-bond acceptors (Lipinski definition) is 3. The Morgan fingerprint density at radius 1 is 1.35 bits per heavy atom. The minimum absolute atomic E-state index is 0.0795. The van der Waals surface area contributed by atoms with Crippen LogP contribution in [0.4, 0.5) is 0 Å². The van der Waals surface area contributed by atoms with Gasteiger partial charge in [0.05, 0.1) is 0 Å². The van der Waals surface area contributed by atoms with Crippen molar-refractivity contribution in [1.29, 1.82) is 0 Å². The average Bonchev–Trinajstić information content (AvgIpc) is 2.32. The lowest BCUT2D eigenvalue weighted by Crippen LogP contribution is -2.50. The lowest BCUT2D eigenvalue weighted by atomic mass is 9.93. The molecule has 0 bridgehead atoms. The summed E-state index contributed by atoms with van der Waals surface area (Å²) >= 11 is 0. The highest BCUT2D eigenvalue weighted by molar-refractivity contribution is 5.87. The Bertz CT molecular complexity index is 319. The number of piperidine rings is 2. The van der Waals surface area contributed by atoms with Crippen LogP contribution in [0.25, 0.3) is 0 Å². The Morgan fingerprint density at radius 2 is 2.12 bits per heavy atom. The fraction of sp³-hybridized carbons (Fsp3) is 0.833. The van der Waals surface area contributed by atoms with Crippen molar-refractivity contribution in [2.75, 3.05) is 26.7 Å². The maximum Gasteiger partial charge on any atom is 0.226 e.